The average Bonchev–Trinajstić information content (AvgIpc) is 3.15. The highest BCUT2D eigenvalue weighted by Crippen LogP contribution is 2.32. The quantitative estimate of drug-likeness (QED) is 0.708. The molecule has 0 aliphatic heterocycles. The first-order valence-electron chi connectivity index (χ1n) is 8.40. The summed E-state index contributed by atoms with van der Waals surface area (Å²) in [5.41, 5.74) is 3.19. The second kappa shape index (κ2) is 7.15. The Morgan fingerprint density at radius 2 is 1.96 bits per heavy atom. The van der Waals surface area contributed by atoms with Crippen molar-refractivity contribution in [3.05, 3.63) is 35.7 Å². The number of β-amino-alcohol motifs (C(OH)–C–C–N with tert-alkyl or cyclic N) is 1. The van der Waals surface area contributed by atoms with Gasteiger partial charge in [-0.3, -0.25) is 4.68 Å². The summed E-state index contributed by atoms with van der Waals surface area (Å²) in [6.45, 7) is 6.98. The Labute approximate surface area is 152 Å². The van der Waals surface area contributed by atoms with Crippen molar-refractivity contribution in [1.82, 2.24) is 15.1 Å². The summed E-state index contributed by atoms with van der Waals surface area (Å²) in [5, 5.41) is 20.0. The summed E-state index contributed by atoms with van der Waals surface area (Å²) < 4.78 is 8.79. The average molecular weight is 359 g/mol. The van der Waals surface area contributed by atoms with Crippen molar-refractivity contribution in [3.8, 4) is 17.0 Å². The molecule has 1 atom stereocenters. The van der Waals surface area contributed by atoms with Crippen molar-refractivity contribution >= 4 is 21.6 Å². The fourth-order valence-corrected chi connectivity index (χ4v) is 3.48. The van der Waals surface area contributed by atoms with Crippen LogP contribution < -0.4 is 10.1 Å². The Bertz CT molecular complexity index is 831. The number of aromatic nitrogens is 2. The predicted molar refractivity (Wildman–Crippen MR) is 103 cm³/mol. The number of aliphatic hydroxyl groups is 1. The van der Waals surface area contributed by atoms with Crippen LogP contribution in [0.3, 0.4) is 0 Å². The molecule has 2 heterocycles. The molecule has 0 saturated carbocycles. The van der Waals surface area contributed by atoms with Crippen LogP contribution in [-0.4, -0.2) is 39.7 Å². The van der Waals surface area contributed by atoms with Crippen LogP contribution in [0.4, 0.5) is 0 Å². The number of rotatable bonds is 6. The maximum absolute atomic E-state index is 10.0. The maximum atomic E-state index is 10.0. The number of nitrogens with one attached hydrogen (secondary N) is 1. The third-order valence-corrected chi connectivity index (χ3v) is 4.81. The van der Waals surface area contributed by atoms with Gasteiger partial charge in [-0.15, -0.1) is 11.3 Å². The van der Waals surface area contributed by atoms with Crippen molar-refractivity contribution < 1.29 is 9.84 Å². The third-order valence-electron chi connectivity index (χ3n) is 3.90. The zero-order valence-corrected chi connectivity index (χ0v) is 15.9. The summed E-state index contributed by atoms with van der Waals surface area (Å²) in [4.78, 5) is 0. The molecule has 0 radical (unpaired) electrons. The second-order valence-corrected chi connectivity index (χ2v) is 8.14. The lowest BCUT2D eigenvalue weighted by Gasteiger charge is -2.22. The molecule has 134 valence electrons. The minimum Gasteiger partial charge on any atom is -0.491 e. The Morgan fingerprint density at radius 1 is 1.24 bits per heavy atom. The van der Waals surface area contributed by atoms with Gasteiger partial charge in [-0.1, -0.05) is 0 Å². The molecule has 0 saturated heterocycles. The smallest absolute Gasteiger partial charge is 0.119 e. The first-order valence-corrected chi connectivity index (χ1v) is 9.28. The summed E-state index contributed by atoms with van der Waals surface area (Å²) in [6.07, 6.45) is -0.541. The first-order chi connectivity index (χ1) is 11.8. The van der Waals surface area contributed by atoms with E-state index in [2.05, 4.69) is 42.6 Å². The summed E-state index contributed by atoms with van der Waals surface area (Å²) >= 11 is 1.70. The molecule has 25 heavy (non-hydrogen) atoms. The molecule has 0 aliphatic rings. The minimum absolute atomic E-state index is 0.0154. The van der Waals surface area contributed by atoms with Gasteiger partial charge in [0.2, 0.25) is 0 Å². The molecule has 0 bridgehead atoms. The van der Waals surface area contributed by atoms with Crippen LogP contribution in [0.2, 0.25) is 0 Å². The number of thiophene rings is 1. The largest absolute Gasteiger partial charge is 0.491 e. The lowest BCUT2D eigenvalue weighted by Crippen LogP contribution is -2.42. The number of aryl methyl sites for hydroxylation is 1. The lowest BCUT2D eigenvalue weighted by atomic mass is 10.1. The van der Waals surface area contributed by atoms with Gasteiger partial charge in [0.25, 0.3) is 0 Å². The molecule has 5 nitrogen and oxygen atoms in total. The topological polar surface area (TPSA) is 59.3 Å². The third kappa shape index (κ3) is 4.39. The van der Waals surface area contributed by atoms with E-state index in [-0.39, 0.29) is 12.1 Å². The molecule has 0 aliphatic carbocycles. The number of ether oxygens (including phenoxy) is 1. The van der Waals surface area contributed by atoms with Crippen molar-refractivity contribution in [3.63, 3.8) is 0 Å². The summed E-state index contributed by atoms with van der Waals surface area (Å²) in [6, 6.07) is 9.95. The highest BCUT2D eigenvalue weighted by molar-refractivity contribution is 7.17. The van der Waals surface area contributed by atoms with Gasteiger partial charge in [0.05, 0.1) is 10.2 Å². The van der Waals surface area contributed by atoms with Gasteiger partial charge in [-0.25, -0.2) is 0 Å². The van der Waals surface area contributed by atoms with E-state index < -0.39 is 6.10 Å². The highest BCUT2D eigenvalue weighted by atomic mass is 32.1. The molecule has 1 unspecified atom stereocenters. The number of hydrogen-bond acceptors (Lipinski definition) is 5. The van der Waals surface area contributed by atoms with E-state index in [9.17, 15) is 5.11 Å². The molecule has 2 N–H and O–H groups in total. The molecular formula is C19H25N3O2S. The van der Waals surface area contributed by atoms with Gasteiger partial charge < -0.3 is 15.2 Å². The molecule has 3 rings (SSSR count). The van der Waals surface area contributed by atoms with Crippen LogP contribution in [0.25, 0.3) is 21.5 Å². The summed E-state index contributed by atoms with van der Waals surface area (Å²) in [7, 11) is 1.96. The maximum Gasteiger partial charge on any atom is 0.119 e. The Hall–Kier alpha value is -1.89. The number of benzene rings is 1. The van der Waals surface area contributed by atoms with Crippen LogP contribution in [0.1, 0.15) is 20.8 Å². The van der Waals surface area contributed by atoms with Crippen molar-refractivity contribution in [1.29, 1.82) is 0 Å². The number of hydrogen-bond donors (Lipinski definition) is 2. The van der Waals surface area contributed by atoms with E-state index >= 15 is 0 Å². The Morgan fingerprint density at radius 3 is 2.64 bits per heavy atom. The first kappa shape index (κ1) is 17.9. The van der Waals surface area contributed by atoms with E-state index in [0.717, 1.165) is 22.5 Å². The standard InChI is InChI=1S/C19H25N3O2S/c1-19(2,3)20-11-14(23)12-24-15-7-5-13(6-8-15)17-18-16(9-10-25-18)22(4)21-17/h5-10,14,20,23H,11-12H2,1-4H3. The van der Waals surface area contributed by atoms with Gasteiger partial charge in [-0.2, -0.15) is 5.10 Å². The fourth-order valence-electron chi connectivity index (χ4n) is 2.56. The van der Waals surface area contributed by atoms with Gasteiger partial charge in [0.1, 0.15) is 24.2 Å². The molecule has 1 aromatic carbocycles. The summed E-state index contributed by atoms with van der Waals surface area (Å²) in [5.74, 6) is 0.747. The molecule has 0 amide bonds. The van der Waals surface area contributed by atoms with Crippen LogP contribution in [-0.2, 0) is 7.05 Å². The van der Waals surface area contributed by atoms with Gasteiger partial charge in [0.15, 0.2) is 0 Å². The zero-order chi connectivity index (χ0) is 18.0. The van der Waals surface area contributed by atoms with Crippen molar-refractivity contribution in [2.24, 2.45) is 7.05 Å². The van der Waals surface area contributed by atoms with Crippen molar-refractivity contribution in [2.75, 3.05) is 13.2 Å². The van der Waals surface area contributed by atoms with Crippen LogP contribution in [0.15, 0.2) is 35.7 Å². The minimum atomic E-state index is -0.541. The van der Waals surface area contributed by atoms with Crippen LogP contribution in [0.5, 0.6) is 5.75 Å². The van der Waals surface area contributed by atoms with Crippen LogP contribution >= 0.6 is 11.3 Å². The molecular weight excluding hydrogens is 334 g/mol. The predicted octanol–water partition coefficient (Wildman–Crippen LogP) is 3.43. The van der Waals surface area contributed by atoms with Gasteiger partial charge in [0, 0.05) is 24.7 Å². The lowest BCUT2D eigenvalue weighted by molar-refractivity contribution is 0.100. The monoisotopic (exact) mass is 359 g/mol. The Kier molecular flexibility index (Phi) is 5.13. The second-order valence-electron chi connectivity index (χ2n) is 7.23. The molecule has 0 spiro atoms. The van der Waals surface area contributed by atoms with Crippen LogP contribution in [0, 0.1) is 0 Å². The molecule has 6 heteroatoms. The van der Waals surface area contributed by atoms with E-state index in [1.807, 2.05) is 36.0 Å². The zero-order valence-electron chi connectivity index (χ0n) is 15.1. The van der Waals surface area contributed by atoms with E-state index in [1.54, 1.807) is 11.3 Å². The van der Waals surface area contributed by atoms with Gasteiger partial charge >= 0.3 is 0 Å². The highest BCUT2D eigenvalue weighted by Gasteiger charge is 2.14. The number of fused-ring (bicyclic) bond motifs is 1. The number of aliphatic hydroxyl groups excluding tert-OH is 1. The number of nitrogens with zero attached hydrogens (tertiary/aromatic N) is 2. The fraction of sp³-hybridized carbons (Fsp3) is 0.421. The molecule has 0 fully saturated rings. The van der Waals surface area contributed by atoms with E-state index in [4.69, 9.17) is 4.74 Å². The van der Waals surface area contributed by atoms with E-state index in [0.29, 0.717) is 6.54 Å². The normalized spacial score (nSPS) is 13.3. The van der Waals surface area contributed by atoms with E-state index in [1.165, 1.54) is 4.70 Å². The van der Waals surface area contributed by atoms with Gasteiger partial charge in [-0.05, 0) is 56.5 Å². The molecule has 2 aromatic heterocycles. The Balaban J connectivity index is 1.62. The van der Waals surface area contributed by atoms with Crippen molar-refractivity contribution in [2.45, 2.75) is 32.4 Å². The molecule has 3 aromatic rings. The SMILES string of the molecule is Cn1nc(-c2ccc(OCC(O)CNC(C)(C)C)cc2)c2sccc21.